The molecule has 3 heterocycles. The molecule has 0 bridgehead atoms. The van der Waals surface area contributed by atoms with Gasteiger partial charge >= 0.3 is 12.1 Å². The predicted molar refractivity (Wildman–Crippen MR) is 167 cm³/mol. The highest BCUT2D eigenvalue weighted by atomic mass is 16.5. The fourth-order valence-electron chi connectivity index (χ4n) is 6.05. The van der Waals surface area contributed by atoms with E-state index in [-0.39, 0.29) is 74.9 Å². The van der Waals surface area contributed by atoms with E-state index in [4.69, 9.17) is 4.74 Å². The number of nitrogens with zero attached hydrogens (tertiary/aromatic N) is 4. The van der Waals surface area contributed by atoms with Crippen LogP contribution in [0.15, 0.2) is 24.3 Å². The third-order valence-corrected chi connectivity index (χ3v) is 8.95. The van der Waals surface area contributed by atoms with Crippen LogP contribution >= 0.6 is 0 Å². The van der Waals surface area contributed by atoms with Crippen LogP contribution in [0.25, 0.3) is 10.9 Å². The van der Waals surface area contributed by atoms with E-state index in [1.165, 1.54) is 20.8 Å². The summed E-state index contributed by atoms with van der Waals surface area (Å²) in [4.78, 5) is 84.2. The smallest absolute Gasteiger partial charge is 0.407 e. The minimum absolute atomic E-state index is 0.0923. The summed E-state index contributed by atoms with van der Waals surface area (Å²) in [5.41, 5.74) is 1.17. The third kappa shape index (κ3) is 8.07. The molecule has 0 spiro atoms. The first-order valence-electron chi connectivity index (χ1n) is 15.9. The topological polar surface area (TPSA) is 199 Å². The third-order valence-electron chi connectivity index (χ3n) is 8.95. The molecule has 47 heavy (non-hydrogen) atoms. The number of fused-ring (bicyclic) bond motifs is 1. The number of hydrogen-bond acceptors (Lipinski definition) is 8. The lowest BCUT2D eigenvalue weighted by atomic mass is 9.93. The zero-order valence-electron chi connectivity index (χ0n) is 26.3. The Morgan fingerprint density at radius 1 is 0.957 bits per heavy atom. The molecule has 0 unspecified atom stereocenters. The average Bonchev–Trinajstić information content (AvgIpc) is 3.53. The van der Waals surface area contributed by atoms with E-state index in [9.17, 15) is 39.0 Å². The van der Waals surface area contributed by atoms with Crippen LogP contribution in [-0.4, -0.2) is 123 Å². The zero-order chi connectivity index (χ0) is 33.7. The number of carbonyl (C=O) groups is 6. The van der Waals surface area contributed by atoms with Gasteiger partial charge in [-0.25, -0.2) is 9.78 Å². The number of likely N-dealkylation sites (tertiary alicyclic amines) is 1. The molecule has 1 saturated carbocycles. The molecular formula is C32H40N6O9. The quantitative estimate of drug-likeness (QED) is 0.275. The Hall–Kier alpha value is -4.95. The maximum absolute atomic E-state index is 13.5. The second-order valence-corrected chi connectivity index (χ2v) is 12.2. The number of amides is 5. The Kier molecular flexibility index (Phi) is 10.4. The van der Waals surface area contributed by atoms with Crippen molar-refractivity contribution in [3.05, 3.63) is 35.5 Å². The van der Waals surface area contributed by atoms with Crippen LogP contribution in [0.5, 0.6) is 5.75 Å². The van der Waals surface area contributed by atoms with Crippen LogP contribution in [0.3, 0.4) is 0 Å². The zero-order valence-corrected chi connectivity index (χ0v) is 26.3. The van der Waals surface area contributed by atoms with Crippen molar-refractivity contribution in [3.63, 3.8) is 0 Å². The minimum atomic E-state index is -1.20. The fourth-order valence-corrected chi connectivity index (χ4v) is 6.05. The van der Waals surface area contributed by atoms with Gasteiger partial charge in [-0.05, 0) is 63.1 Å². The standard InChI is InChI=1S/C32H40N6O9/c1-19-7-8-21-23(16-19)34-24(17-26(21)47-18-27(39)38-11-3-6-25(38)30(43)33-20-4-2-5-20)29(42)35-22(9-10-28(40)41)31(44)36-12-14-37(15-13-36)32(45)46/h7-8,16-17,20,22,25H,2-6,9-15,18H2,1H3,(H,33,43)(H,35,42)(H,40,41)(H,45,46)/t22-,25-/m0/s1. The minimum Gasteiger partial charge on any atom is -0.483 e. The van der Waals surface area contributed by atoms with E-state index in [0.717, 1.165) is 24.8 Å². The summed E-state index contributed by atoms with van der Waals surface area (Å²) in [6, 6.07) is 5.12. The normalized spacial score (nSPS) is 18.7. The number of benzene rings is 1. The van der Waals surface area contributed by atoms with Crippen LogP contribution < -0.4 is 15.4 Å². The molecule has 15 heteroatoms. The van der Waals surface area contributed by atoms with Crippen molar-refractivity contribution >= 4 is 46.6 Å². The first kappa shape index (κ1) is 33.4. The molecule has 1 aliphatic carbocycles. The molecular weight excluding hydrogens is 612 g/mol. The van der Waals surface area contributed by atoms with Crippen molar-refractivity contribution < 1.29 is 43.7 Å². The Morgan fingerprint density at radius 2 is 1.68 bits per heavy atom. The number of rotatable bonds is 11. The van der Waals surface area contributed by atoms with Crippen molar-refractivity contribution in [2.24, 2.45) is 0 Å². The van der Waals surface area contributed by atoms with Crippen molar-refractivity contribution in [2.45, 2.75) is 70.0 Å². The number of carboxylic acid groups (broad SMARTS) is 2. The maximum Gasteiger partial charge on any atom is 0.407 e. The summed E-state index contributed by atoms with van der Waals surface area (Å²) in [7, 11) is 0. The summed E-state index contributed by atoms with van der Waals surface area (Å²) >= 11 is 0. The summed E-state index contributed by atoms with van der Waals surface area (Å²) in [6.07, 6.45) is 2.57. The molecule has 2 aliphatic heterocycles. The molecule has 2 atom stereocenters. The van der Waals surface area contributed by atoms with Crippen molar-refractivity contribution in [1.29, 1.82) is 0 Å². The monoisotopic (exact) mass is 652 g/mol. The first-order chi connectivity index (χ1) is 22.5. The number of pyridine rings is 1. The lowest BCUT2D eigenvalue weighted by Crippen LogP contribution is -2.55. The first-order valence-corrected chi connectivity index (χ1v) is 15.9. The Bertz CT molecular complexity index is 1550. The molecule has 5 amide bonds. The van der Waals surface area contributed by atoms with Crippen LogP contribution in [0.1, 0.15) is 61.0 Å². The second-order valence-electron chi connectivity index (χ2n) is 12.2. The van der Waals surface area contributed by atoms with Crippen LogP contribution in [0.2, 0.25) is 0 Å². The Balaban J connectivity index is 1.31. The molecule has 2 saturated heterocycles. The number of carbonyl (C=O) groups excluding carboxylic acids is 4. The van der Waals surface area contributed by atoms with Crippen LogP contribution in [-0.2, 0) is 19.2 Å². The van der Waals surface area contributed by atoms with Gasteiger partial charge in [-0.15, -0.1) is 0 Å². The molecule has 1 aromatic carbocycles. The highest BCUT2D eigenvalue weighted by Crippen LogP contribution is 2.28. The summed E-state index contributed by atoms with van der Waals surface area (Å²) < 4.78 is 5.97. The van der Waals surface area contributed by atoms with Gasteiger partial charge in [0.05, 0.1) is 5.52 Å². The molecule has 0 radical (unpaired) electrons. The average molecular weight is 653 g/mol. The number of piperazine rings is 1. The molecule has 2 aromatic rings. The van der Waals surface area contributed by atoms with Crippen molar-refractivity contribution in [2.75, 3.05) is 39.3 Å². The number of aliphatic carboxylic acids is 1. The van der Waals surface area contributed by atoms with Gasteiger partial charge in [-0.1, -0.05) is 6.07 Å². The van der Waals surface area contributed by atoms with Crippen LogP contribution in [0.4, 0.5) is 4.79 Å². The van der Waals surface area contributed by atoms with E-state index >= 15 is 0 Å². The predicted octanol–water partition coefficient (Wildman–Crippen LogP) is 1.37. The Morgan fingerprint density at radius 3 is 2.34 bits per heavy atom. The van der Waals surface area contributed by atoms with E-state index < -0.39 is 36.0 Å². The largest absolute Gasteiger partial charge is 0.483 e. The van der Waals surface area contributed by atoms with Gasteiger partial charge in [-0.2, -0.15) is 0 Å². The van der Waals surface area contributed by atoms with Gasteiger partial charge in [0.1, 0.15) is 23.5 Å². The summed E-state index contributed by atoms with van der Waals surface area (Å²) in [6.45, 7) is 2.30. The molecule has 1 aromatic heterocycles. The molecule has 5 rings (SSSR count). The maximum atomic E-state index is 13.5. The highest BCUT2D eigenvalue weighted by molar-refractivity contribution is 5.99. The van der Waals surface area contributed by atoms with Gasteiger partial charge in [0.2, 0.25) is 11.8 Å². The fraction of sp³-hybridized carbons (Fsp3) is 0.531. The van der Waals surface area contributed by atoms with E-state index in [2.05, 4.69) is 15.6 Å². The van der Waals surface area contributed by atoms with Gasteiger partial charge in [0, 0.05) is 56.6 Å². The van der Waals surface area contributed by atoms with E-state index in [1.54, 1.807) is 12.1 Å². The van der Waals surface area contributed by atoms with Gasteiger partial charge in [-0.3, -0.25) is 24.0 Å². The van der Waals surface area contributed by atoms with Crippen LogP contribution in [0, 0.1) is 6.92 Å². The van der Waals surface area contributed by atoms with Crippen molar-refractivity contribution in [1.82, 2.24) is 30.3 Å². The Labute approximate surface area is 271 Å². The molecule has 4 N–H and O–H groups in total. The molecule has 3 aliphatic rings. The van der Waals surface area contributed by atoms with E-state index in [0.29, 0.717) is 30.3 Å². The second kappa shape index (κ2) is 14.6. The SMILES string of the molecule is Cc1ccc2c(OCC(=O)N3CCC[C@H]3C(=O)NC3CCC3)cc(C(=O)N[C@@H](CCC(=O)O)C(=O)N3CCN(C(=O)O)CC3)nc2c1. The number of nitrogens with one attached hydrogen (secondary N) is 2. The number of carboxylic acids is 1. The van der Waals surface area contributed by atoms with Crippen molar-refractivity contribution in [3.8, 4) is 5.75 Å². The molecule has 252 valence electrons. The summed E-state index contributed by atoms with van der Waals surface area (Å²) in [5.74, 6) is -2.72. The number of hydrogen-bond donors (Lipinski definition) is 4. The number of aromatic nitrogens is 1. The number of ether oxygens (including phenoxy) is 1. The highest BCUT2D eigenvalue weighted by Gasteiger charge is 2.36. The number of aryl methyl sites for hydroxylation is 1. The molecule has 3 fully saturated rings. The lowest BCUT2D eigenvalue weighted by molar-refractivity contribution is -0.140. The van der Waals surface area contributed by atoms with Gasteiger partial charge in [0.15, 0.2) is 6.61 Å². The molecule has 15 nitrogen and oxygen atoms in total. The van der Waals surface area contributed by atoms with E-state index in [1.807, 2.05) is 13.0 Å². The van der Waals surface area contributed by atoms with Gasteiger partial charge in [0.25, 0.3) is 11.8 Å². The lowest BCUT2D eigenvalue weighted by Gasteiger charge is -2.35. The summed E-state index contributed by atoms with van der Waals surface area (Å²) in [5, 5.41) is 24.7. The van der Waals surface area contributed by atoms with Gasteiger partial charge < -0.3 is 40.3 Å².